The molecular formula is C29H34ClN3O4. The van der Waals surface area contributed by atoms with Crippen molar-refractivity contribution in [2.45, 2.75) is 46.1 Å². The molecule has 0 bridgehead atoms. The molecule has 4 rings (SSSR count). The fraction of sp³-hybridized carbons (Fsp3) is 0.414. The monoisotopic (exact) mass is 523 g/mol. The summed E-state index contributed by atoms with van der Waals surface area (Å²) in [6.45, 7) is 5.55. The molecule has 0 saturated carbocycles. The summed E-state index contributed by atoms with van der Waals surface area (Å²) in [4.78, 5) is 30.6. The number of halogens is 1. The third-order valence-electron chi connectivity index (χ3n) is 6.99. The van der Waals surface area contributed by atoms with Gasteiger partial charge in [0, 0.05) is 43.5 Å². The predicted octanol–water partition coefficient (Wildman–Crippen LogP) is 5.55. The average Bonchev–Trinajstić information content (AvgIpc) is 3.28. The first-order valence-electron chi connectivity index (χ1n) is 12.7. The van der Waals surface area contributed by atoms with E-state index in [-0.39, 0.29) is 18.2 Å². The molecule has 2 heterocycles. The number of aryl methyl sites for hydroxylation is 2. The lowest BCUT2D eigenvalue weighted by Crippen LogP contribution is -2.51. The molecule has 8 heteroatoms. The Labute approximate surface area is 223 Å². The van der Waals surface area contributed by atoms with Crippen molar-refractivity contribution in [3.8, 4) is 5.75 Å². The second-order valence-electron chi connectivity index (χ2n) is 9.90. The highest BCUT2D eigenvalue weighted by Gasteiger charge is 2.41. The van der Waals surface area contributed by atoms with Crippen LogP contribution in [0.15, 0.2) is 59.1 Å². The summed E-state index contributed by atoms with van der Waals surface area (Å²) in [5, 5.41) is 4.65. The Hall–Kier alpha value is -3.32. The van der Waals surface area contributed by atoms with E-state index in [1.54, 1.807) is 24.0 Å². The minimum Gasteiger partial charge on any atom is -0.493 e. The SMILES string of the molecule is CCc1noc(C)c1C(=O)N1CCCC(COc2cccc(Cl)c2)(CC(=O)N(C)Cc2ccccc2)C1. The van der Waals surface area contributed by atoms with Crippen LogP contribution in [-0.4, -0.2) is 53.5 Å². The molecule has 37 heavy (non-hydrogen) atoms. The molecule has 1 fully saturated rings. The van der Waals surface area contributed by atoms with Crippen molar-refractivity contribution < 1.29 is 18.8 Å². The van der Waals surface area contributed by atoms with Crippen molar-refractivity contribution in [3.63, 3.8) is 0 Å². The number of hydrogen-bond donors (Lipinski definition) is 0. The zero-order chi connectivity index (χ0) is 26.4. The molecule has 1 atom stereocenters. The van der Waals surface area contributed by atoms with Crippen LogP contribution in [0, 0.1) is 12.3 Å². The minimum absolute atomic E-state index is 0.0169. The van der Waals surface area contributed by atoms with Gasteiger partial charge in [0.25, 0.3) is 5.91 Å². The second kappa shape index (κ2) is 11.8. The summed E-state index contributed by atoms with van der Waals surface area (Å²) in [5.41, 5.74) is 1.71. The van der Waals surface area contributed by atoms with Gasteiger partial charge in [0.2, 0.25) is 5.91 Å². The van der Waals surface area contributed by atoms with Gasteiger partial charge in [-0.1, -0.05) is 60.1 Å². The van der Waals surface area contributed by atoms with Crippen molar-refractivity contribution in [1.82, 2.24) is 15.0 Å². The van der Waals surface area contributed by atoms with E-state index in [0.29, 0.717) is 60.5 Å². The summed E-state index contributed by atoms with van der Waals surface area (Å²) >= 11 is 6.16. The largest absolute Gasteiger partial charge is 0.493 e. The van der Waals surface area contributed by atoms with E-state index >= 15 is 0 Å². The second-order valence-corrected chi connectivity index (χ2v) is 10.3. The Morgan fingerprint density at radius 3 is 2.70 bits per heavy atom. The lowest BCUT2D eigenvalue weighted by molar-refractivity contribution is -0.134. The van der Waals surface area contributed by atoms with Gasteiger partial charge in [0.15, 0.2) is 0 Å². The molecule has 2 amide bonds. The lowest BCUT2D eigenvalue weighted by Gasteiger charge is -2.43. The molecule has 1 aromatic heterocycles. The first-order valence-corrected chi connectivity index (χ1v) is 13.1. The van der Waals surface area contributed by atoms with E-state index in [1.807, 2.05) is 61.3 Å². The molecule has 1 aliphatic rings. The number of nitrogens with zero attached hydrogens (tertiary/aromatic N) is 3. The molecule has 0 N–H and O–H groups in total. The summed E-state index contributed by atoms with van der Waals surface area (Å²) in [7, 11) is 1.82. The number of carbonyl (C=O) groups is 2. The number of ether oxygens (including phenoxy) is 1. The third kappa shape index (κ3) is 6.52. The summed E-state index contributed by atoms with van der Waals surface area (Å²) in [6, 6.07) is 17.2. The molecular weight excluding hydrogens is 490 g/mol. The molecule has 1 aliphatic heterocycles. The maximum absolute atomic E-state index is 13.6. The highest BCUT2D eigenvalue weighted by molar-refractivity contribution is 6.30. The van der Waals surface area contributed by atoms with Crippen LogP contribution in [-0.2, 0) is 17.8 Å². The van der Waals surface area contributed by atoms with E-state index < -0.39 is 5.41 Å². The van der Waals surface area contributed by atoms with Gasteiger partial charge >= 0.3 is 0 Å². The van der Waals surface area contributed by atoms with Crippen LogP contribution in [0.4, 0.5) is 0 Å². The molecule has 1 unspecified atom stereocenters. The smallest absolute Gasteiger partial charge is 0.259 e. The number of rotatable bonds is 9. The molecule has 2 aromatic carbocycles. The van der Waals surface area contributed by atoms with Gasteiger partial charge in [0.1, 0.15) is 17.1 Å². The quantitative estimate of drug-likeness (QED) is 0.367. The van der Waals surface area contributed by atoms with Gasteiger partial charge in [-0.25, -0.2) is 0 Å². The Morgan fingerprint density at radius 2 is 1.97 bits per heavy atom. The first-order chi connectivity index (χ1) is 17.8. The van der Waals surface area contributed by atoms with E-state index in [9.17, 15) is 9.59 Å². The lowest BCUT2D eigenvalue weighted by atomic mass is 9.77. The molecule has 0 radical (unpaired) electrons. The number of piperidine rings is 1. The van der Waals surface area contributed by atoms with Crippen LogP contribution in [0.5, 0.6) is 5.75 Å². The molecule has 0 aliphatic carbocycles. The Morgan fingerprint density at radius 1 is 1.19 bits per heavy atom. The first kappa shape index (κ1) is 26.7. The van der Waals surface area contributed by atoms with Gasteiger partial charge < -0.3 is 19.1 Å². The average molecular weight is 524 g/mol. The van der Waals surface area contributed by atoms with Crippen LogP contribution < -0.4 is 4.74 Å². The molecule has 3 aromatic rings. The molecule has 7 nitrogen and oxygen atoms in total. The topological polar surface area (TPSA) is 75.9 Å². The number of aromatic nitrogens is 1. The van der Waals surface area contributed by atoms with Crippen LogP contribution in [0.3, 0.4) is 0 Å². The molecule has 0 spiro atoms. The van der Waals surface area contributed by atoms with Gasteiger partial charge in [-0.3, -0.25) is 9.59 Å². The van der Waals surface area contributed by atoms with E-state index in [4.69, 9.17) is 20.9 Å². The highest BCUT2D eigenvalue weighted by atomic mass is 35.5. The maximum atomic E-state index is 13.6. The van der Waals surface area contributed by atoms with E-state index in [0.717, 1.165) is 18.4 Å². The zero-order valence-electron chi connectivity index (χ0n) is 21.7. The summed E-state index contributed by atoms with van der Waals surface area (Å²) in [6.07, 6.45) is 2.42. The van der Waals surface area contributed by atoms with Crippen LogP contribution in [0.25, 0.3) is 0 Å². The zero-order valence-corrected chi connectivity index (χ0v) is 22.5. The number of amides is 2. The Kier molecular flexibility index (Phi) is 8.54. The van der Waals surface area contributed by atoms with Crippen molar-refractivity contribution >= 4 is 23.4 Å². The van der Waals surface area contributed by atoms with Gasteiger partial charge in [-0.2, -0.15) is 0 Å². The highest BCUT2D eigenvalue weighted by Crippen LogP contribution is 2.36. The number of hydrogen-bond acceptors (Lipinski definition) is 5. The van der Waals surface area contributed by atoms with E-state index in [1.165, 1.54) is 0 Å². The van der Waals surface area contributed by atoms with Crippen LogP contribution in [0.2, 0.25) is 5.02 Å². The fourth-order valence-electron chi connectivity index (χ4n) is 4.98. The van der Waals surface area contributed by atoms with Gasteiger partial charge in [0.05, 0.1) is 12.3 Å². The van der Waals surface area contributed by atoms with Gasteiger partial charge in [-0.05, 0) is 49.9 Å². The Bertz CT molecular complexity index is 1230. The molecule has 196 valence electrons. The number of likely N-dealkylation sites (tertiary alicyclic amines) is 1. The van der Waals surface area contributed by atoms with Crippen molar-refractivity contribution in [2.75, 3.05) is 26.7 Å². The molecule has 1 saturated heterocycles. The Balaban J connectivity index is 1.55. The number of carbonyl (C=O) groups excluding carboxylic acids is 2. The van der Waals surface area contributed by atoms with E-state index in [2.05, 4.69) is 5.16 Å². The van der Waals surface area contributed by atoms with Crippen molar-refractivity contribution in [1.29, 1.82) is 0 Å². The standard InChI is InChI=1S/C29H34ClN3O4/c1-4-25-27(21(2)37-31-25)28(35)33-15-9-14-29(19-33,20-36-24-13-8-12-23(30)16-24)17-26(34)32(3)18-22-10-6-5-7-11-22/h5-8,10-13,16H,4,9,14-15,17-20H2,1-3H3. The normalized spacial score (nSPS) is 17.5. The summed E-state index contributed by atoms with van der Waals surface area (Å²) in [5.74, 6) is 1.08. The fourth-order valence-corrected chi connectivity index (χ4v) is 5.16. The third-order valence-corrected chi connectivity index (χ3v) is 7.22. The minimum atomic E-state index is -0.546. The van der Waals surface area contributed by atoms with Crippen LogP contribution in [0.1, 0.15) is 53.6 Å². The number of benzene rings is 2. The van der Waals surface area contributed by atoms with Crippen molar-refractivity contribution in [3.05, 3.63) is 82.2 Å². The maximum Gasteiger partial charge on any atom is 0.259 e. The van der Waals surface area contributed by atoms with Gasteiger partial charge in [-0.15, -0.1) is 0 Å². The summed E-state index contributed by atoms with van der Waals surface area (Å²) < 4.78 is 11.5. The van der Waals surface area contributed by atoms with Crippen molar-refractivity contribution in [2.24, 2.45) is 5.41 Å². The predicted molar refractivity (Wildman–Crippen MR) is 143 cm³/mol. The van der Waals surface area contributed by atoms with Crippen LogP contribution >= 0.6 is 11.6 Å².